The summed E-state index contributed by atoms with van der Waals surface area (Å²) in [6.07, 6.45) is 0. The van der Waals surface area contributed by atoms with Gasteiger partial charge in [0.2, 0.25) is 5.91 Å². The van der Waals surface area contributed by atoms with Crippen LogP contribution >= 0.6 is 11.8 Å². The van der Waals surface area contributed by atoms with Gasteiger partial charge in [0.05, 0.1) is 5.25 Å². The van der Waals surface area contributed by atoms with Gasteiger partial charge in [-0.05, 0) is 30.0 Å². The van der Waals surface area contributed by atoms with E-state index in [4.69, 9.17) is 0 Å². The number of rotatable bonds is 5. The van der Waals surface area contributed by atoms with Crippen LogP contribution in [-0.4, -0.2) is 33.0 Å². The molecule has 3 rings (SSSR count). The van der Waals surface area contributed by atoms with Gasteiger partial charge < -0.3 is 9.47 Å². The van der Waals surface area contributed by atoms with Crippen LogP contribution in [0.15, 0.2) is 59.8 Å². The molecule has 3 aromatic rings. The summed E-state index contributed by atoms with van der Waals surface area (Å²) in [7, 11) is 3.74. The highest BCUT2D eigenvalue weighted by Gasteiger charge is 2.23. The van der Waals surface area contributed by atoms with Crippen molar-refractivity contribution in [3.05, 3.63) is 60.2 Å². The van der Waals surface area contributed by atoms with Crippen LogP contribution in [0.4, 0.5) is 5.69 Å². The number of hydrogen-bond acceptors (Lipinski definition) is 4. The van der Waals surface area contributed by atoms with Crippen molar-refractivity contribution in [3.8, 4) is 11.4 Å². The minimum atomic E-state index is -0.278. The molecule has 0 aliphatic rings. The average Bonchev–Trinajstić information content (AvgIpc) is 3.07. The van der Waals surface area contributed by atoms with Crippen molar-refractivity contribution in [2.45, 2.75) is 43.5 Å². The maximum Gasteiger partial charge on any atom is 0.240 e. The molecule has 1 heterocycles. The van der Waals surface area contributed by atoms with Crippen LogP contribution in [0.25, 0.3) is 11.4 Å². The second-order valence-corrected chi connectivity index (χ2v) is 9.49. The zero-order chi connectivity index (χ0) is 21.2. The van der Waals surface area contributed by atoms with E-state index in [9.17, 15) is 4.79 Å². The van der Waals surface area contributed by atoms with E-state index in [0.717, 1.165) is 22.2 Å². The van der Waals surface area contributed by atoms with Gasteiger partial charge in [-0.3, -0.25) is 4.79 Å². The molecule has 0 saturated carbocycles. The van der Waals surface area contributed by atoms with E-state index in [2.05, 4.69) is 55.2 Å². The SMILES string of the molecule is C[C@@H](Sc1nnc(-c2ccc(C(C)(C)C)cc2)n1C)C(=O)N(C)c1ccccc1. The zero-order valence-electron chi connectivity index (χ0n) is 17.9. The van der Waals surface area contributed by atoms with E-state index < -0.39 is 0 Å². The number of carbonyl (C=O) groups is 1. The molecule has 0 unspecified atom stereocenters. The van der Waals surface area contributed by atoms with Crippen LogP contribution < -0.4 is 4.90 Å². The lowest BCUT2D eigenvalue weighted by molar-refractivity contribution is -0.117. The number of carbonyl (C=O) groups excluding carboxylic acids is 1. The van der Waals surface area contributed by atoms with Crippen molar-refractivity contribution in [2.75, 3.05) is 11.9 Å². The highest BCUT2D eigenvalue weighted by molar-refractivity contribution is 8.00. The topological polar surface area (TPSA) is 51.0 Å². The molecule has 0 spiro atoms. The Morgan fingerprint density at radius 1 is 1.03 bits per heavy atom. The van der Waals surface area contributed by atoms with Crippen molar-refractivity contribution >= 4 is 23.4 Å². The molecular formula is C23H28N4OS. The Bertz CT molecular complexity index is 974. The minimum absolute atomic E-state index is 0.0280. The van der Waals surface area contributed by atoms with Crippen LogP contribution in [0.3, 0.4) is 0 Å². The summed E-state index contributed by atoms with van der Waals surface area (Å²) in [6.45, 7) is 8.50. The third kappa shape index (κ3) is 4.70. The molecule has 152 valence electrons. The van der Waals surface area contributed by atoms with Gasteiger partial charge in [-0.1, -0.05) is 75.0 Å². The molecule has 0 N–H and O–H groups in total. The molecule has 0 saturated heterocycles. The van der Waals surface area contributed by atoms with Gasteiger partial charge in [-0.25, -0.2) is 0 Å². The van der Waals surface area contributed by atoms with Crippen molar-refractivity contribution in [1.29, 1.82) is 0 Å². The summed E-state index contributed by atoms with van der Waals surface area (Å²) in [6, 6.07) is 18.1. The first-order valence-electron chi connectivity index (χ1n) is 9.68. The molecule has 1 amide bonds. The number of thioether (sulfide) groups is 1. The number of benzene rings is 2. The Morgan fingerprint density at radius 3 is 2.24 bits per heavy atom. The first-order valence-corrected chi connectivity index (χ1v) is 10.6. The van der Waals surface area contributed by atoms with Crippen LogP contribution in [0.1, 0.15) is 33.3 Å². The monoisotopic (exact) mass is 408 g/mol. The highest BCUT2D eigenvalue weighted by atomic mass is 32.2. The van der Waals surface area contributed by atoms with E-state index in [1.165, 1.54) is 17.3 Å². The molecular weight excluding hydrogens is 380 g/mol. The lowest BCUT2D eigenvalue weighted by Crippen LogP contribution is -2.33. The Morgan fingerprint density at radius 2 is 1.66 bits per heavy atom. The van der Waals surface area contributed by atoms with Gasteiger partial charge in [-0.2, -0.15) is 0 Å². The molecule has 0 radical (unpaired) electrons. The first kappa shape index (κ1) is 21.1. The van der Waals surface area contributed by atoms with Gasteiger partial charge in [0.25, 0.3) is 0 Å². The van der Waals surface area contributed by atoms with Crippen molar-refractivity contribution in [3.63, 3.8) is 0 Å². The molecule has 0 aliphatic carbocycles. The molecule has 1 aromatic heterocycles. The molecule has 0 aliphatic heterocycles. The highest BCUT2D eigenvalue weighted by Crippen LogP contribution is 2.29. The fourth-order valence-electron chi connectivity index (χ4n) is 3.05. The van der Waals surface area contributed by atoms with Crippen LogP contribution in [-0.2, 0) is 17.3 Å². The number of nitrogens with zero attached hydrogens (tertiary/aromatic N) is 4. The average molecular weight is 409 g/mol. The molecule has 6 heteroatoms. The van der Waals surface area contributed by atoms with E-state index in [1.54, 1.807) is 11.9 Å². The summed E-state index contributed by atoms with van der Waals surface area (Å²) < 4.78 is 1.95. The fourth-order valence-corrected chi connectivity index (χ4v) is 3.96. The molecule has 2 aromatic carbocycles. The smallest absolute Gasteiger partial charge is 0.240 e. The lowest BCUT2D eigenvalue weighted by atomic mass is 9.87. The van der Waals surface area contributed by atoms with E-state index >= 15 is 0 Å². The van der Waals surface area contributed by atoms with Gasteiger partial charge >= 0.3 is 0 Å². The molecule has 29 heavy (non-hydrogen) atoms. The largest absolute Gasteiger partial charge is 0.315 e. The Hall–Kier alpha value is -2.60. The standard InChI is InChI=1S/C23H28N4OS/c1-16(21(28)26(5)19-10-8-7-9-11-19)29-22-25-24-20(27(22)6)17-12-14-18(15-13-17)23(2,3)4/h7-16H,1-6H3/t16-/m1/s1. The van der Waals surface area contributed by atoms with E-state index in [-0.39, 0.29) is 16.6 Å². The Balaban J connectivity index is 1.75. The number of amides is 1. The van der Waals surface area contributed by atoms with Gasteiger partial charge in [0.15, 0.2) is 11.0 Å². The van der Waals surface area contributed by atoms with Crippen molar-refractivity contribution in [1.82, 2.24) is 14.8 Å². The first-order chi connectivity index (χ1) is 13.7. The number of aromatic nitrogens is 3. The molecule has 0 fully saturated rings. The molecule has 5 nitrogen and oxygen atoms in total. The van der Waals surface area contributed by atoms with Crippen LogP contribution in [0, 0.1) is 0 Å². The van der Waals surface area contributed by atoms with Gasteiger partial charge in [0.1, 0.15) is 0 Å². The molecule has 1 atom stereocenters. The predicted octanol–water partition coefficient (Wildman–Crippen LogP) is 4.92. The van der Waals surface area contributed by atoms with Crippen molar-refractivity contribution in [2.24, 2.45) is 7.05 Å². The van der Waals surface area contributed by atoms with Crippen LogP contribution in [0.2, 0.25) is 0 Å². The zero-order valence-corrected chi connectivity index (χ0v) is 18.7. The van der Waals surface area contributed by atoms with Gasteiger partial charge in [0, 0.05) is 25.3 Å². The summed E-state index contributed by atoms with van der Waals surface area (Å²) in [5, 5.41) is 9.13. The number of anilines is 1. The van der Waals surface area contributed by atoms with E-state index in [0.29, 0.717) is 0 Å². The maximum atomic E-state index is 12.8. The number of para-hydroxylation sites is 1. The second kappa shape index (κ2) is 8.41. The summed E-state index contributed by atoms with van der Waals surface area (Å²) >= 11 is 1.42. The summed E-state index contributed by atoms with van der Waals surface area (Å²) in [4.78, 5) is 14.5. The third-order valence-corrected chi connectivity index (χ3v) is 6.07. The van der Waals surface area contributed by atoms with E-state index in [1.807, 2.05) is 48.9 Å². The maximum absolute atomic E-state index is 12.8. The summed E-state index contributed by atoms with van der Waals surface area (Å²) in [5.74, 6) is 0.823. The third-order valence-electron chi connectivity index (χ3n) is 4.95. The normalized spacial score (nSPS) is 12.6. The quantitative estimate of drug-likeness (QED) is 0.562. The summed E-state index contributed by atoms with van der Waals surface area (Å²) in [5.41, 5.74) is 3.28. The Labute approximate surface area is 177 Å². The van der Waals surface area contributed by atoms with Crippen LogP contribution in [0.5, 0.6) is 0 Å². The molecule has 0 bridgehead atoms. The fraction of sp³-hybridized carbons (Fsp3) is 0.348. The number of hydrogen-bond donors (Lipinski definition) is 0. The van der Waals surface area contributed by atoms with Gasteiger partial charge in [-0.15, -0.1) is 10.2 Å². The minimum Gasteiger partial charge on any atom is -0.315 e. The predicted molar refractivity (Wildman–Crippen MR) is 120 cm³/mol. The second-order valence-electron chi connectivity index (χ2n) is 8.19. The van der Waals surface area contributed by atoms with Crippen molar-refractivity contribution < 1.29 is 4.79 Å². The Kier molecular flexibility index (Phi) is 6.13. The lowest BCUT2D eigenvalue weighted by Gasteiger charge is -2.21.